The lowest BCUT2D eigenvalue weighted by atomic mass is 10.2. The lowest BCUT2D eigenvalue weighted by molar-refractivity contribution is 0.401. The maximum atomic E-state index is 10.8. The van der Waals surface area contributed by atoms with E-state index in [0.717, 1.165) is 0 Å². The van der Waals surface area contributed by atoms with Gasteiger partial charge >= 0.3 is 0 Å². The van der Waals surface area contributed by atoms with Crippen LogP contribution in [0.3, 0.4) is 0 Å². The molecule has 0 atom stereocenters. The van der Waals surface area contributed by atoms with Crippen LogP contribution in [0.25, 0.3) is 10.9 Å². The summed E-state index contributed by atoms with van der Waals surface area (Å²) in [5, 5.41) is 13.3. The number of phenols is 1. The standard InChI is InChI=1S/C8H6ClNO4S/c9-15(12,13)4-8-6-2-1-5(11)3-7(6)10-14-8/h1-3,11H,4H2. The Morgan fingerprint density at radius 1 is 1.47 bits per heavy atom. The maximum Gasteiger partial charge on any atom is 0.240 e. The van der Waals surface area contributed by atoms with Gasteiger partial charge in [0.05, 0.1) is 0 Å². The van der Waals surface area contributed by atoms with Crippen molar-refractivity contribution in [1.82, 2.24) is 5.16 Å². The zero-order valence-corrected chi connectivity index (χ0v) is 8.92. The topological polar surface area (TPSA) is 80.4 Å². The van der Waals surface area contributed by atoms with Crippen molar-refractivity contribution in [3.05, 3.63) is 24.0 Å². The van der Waals surface area contributed by atoms with Gasteiger partial charge in [0.1, 0.15) is 17.0 Å². The first kappa shape index (κ1) is 10.3. The minimum atomic E-state index is -3.67. The molecule has 0 spiro atoms. The van der Waals surface area contributed by atoms with Crippen LogP contribution in [-0.2, 0) is 14.8 Å². The van der Waals surface area contributed by atoms with E-state index >= 15 is 0 Å². The maximum absolute atomic E-state index is 10.8. The van der Waals surface area contributed by atoms with E-state index in [1.165, 1.54) is 18.2 Å². The highest BCUT2D eigenvalue weighted by atomic mass is 35.7. The summed E-state index contributed by atoms with van der Waals surface area (Å²) < 4.78 is 26.5. The van der Waals surface area contributed by atoms with E-state index < -0.39 is 14.8 Å². The number of aromatic hydroxyl groups is 1. The third-order valence-electron chi connectivity index (χ3n) is 1.84. The van der Waals surface area contributed by atoms with Gasteiger partial charge in [-0.25, -0.2) is 8.42 Å². The SMILES string of the molecule is O=S(=O)(Cl)Cc1onc2cc(O)ccc12. The number of phenolic OH excluding ortho intramolecular Hbond substituents is 1. The number of nitrogens with zero attached hydrogens (tertiary/aromatic N) is 1. The van der Waals surface area contributed by atoms with Gasteiger partial charge in [0.15, 0.2) is 5.76 Å². The van der Waals surface area contributed by atoms with E-state index in [2.05, 4.69) is 5.16 Å². The quantitative estimate of drug-likeness (QED) is 0.816. The van der Waals surface area contributed by atoms with Crippen molar-refractivity contribution in [2.45, 2.75) is 5.75 Å². The molecule has 0 aliphatic rings. The van der Waals surface area contributed by atoms with Gasteiger partial charge in [-0.1, -0.05) is 5.16 Å². The molecule has 0 aliphatic heterocycles. The van der Waals surface area contributed by atoms with E-state index in [4.69, 9.17) is 20.3 Å². The van der Waals surface area contributed by atoms with Gasteiger partial charge in [0.2, 0.25) is 9.05 Å². The van der Waals surface area contributed by atoms with Crippen LogP contribution in [0.4, 0.5) is 0 Å². The fraction of sp³-hybridized carbons (Fsp3) is 0.125. The van der Waals surface area contributed by atoms with Crippen molar-refractivity contribution in [1.29, 1.82) is 0 Å². The first-order chi connectivity index (χ1) is 6.96. The summed E-state index contributed by atoms with van der Waals surface area (Å²) in [5.41, 5.74) is 0.394. The van der Waals surface area contributed by atoms with Gasteiger partial charge in [0, 0.05) is 22.1 Å². The minimum Gasteiger partial charge on any atom is -0.508 e. The van der Waals surface area contributed by atoms with Crippen LogP contribution in [0, 0.1) is 0 Å². The molecule has 2 aromatic rings. The molecular formula is C8H6ClNO4S. The highest BCUT2D eigenvalue weighted by molar-refractivity contribution is 8.13. The number of halogens is 1. The summed E-state index contributed by atoms with van der Waals surface area (Å²) in [4.78, 5) is 0. The van der Waals surface area contributed by atoms with Crippen molar-refractivity contribution in [3.8, 4) is 5.75 Å². The second-order valence-corrected chi connectivity index (χ2v) is 5.77. The van der Waals surface area contributed by atoms with E-state index in [-0.39, 0.29) is 11.5 Å². The van der Waals surface area contributed by atoms with Crippen LogP contribution in [0.5, 0.6) is 5.75 Å². The summed E-state index contributed by atoms with van der Waals surface area (Å²) in [7, 11) is 1.42. The van der Waals surface area contributed by atoms with Gasteiger partial charge in [-0.2, -0.15) is 0 Å². The fourth-order valence-corrected chi connectivity index (χ4v) is 2.06. The predicted octanol–water partition coefficient (Wildman–Crippen LogP) is 1.60. The number of aromatic nitrogens is 1. The number of hydrogen-bond acceptors (Lipinski definition) is 5. The van der Waals surface area contributed by atoms with Crippen molar-refractivity contribution >= 4 is 30.6 Å². The molecule has 1 aromatic heterocycles. The van der Waals surface area contributed by atoms with Crippen LogP contribution in [-0.4, -0.2) is 18.7 Å². The molecule has 0 fully saturated rings. The summed E-state index contributed by atoms with van der Waals surface area (Å²) in [6.07, 6.45) is 0. The Bertz CT molecular complexity index is 604. The molecule has 5 nitrogen and oxygen atoms in total. The second kappa shape index (κ2) is 3.39. The molecule has 0 saturated carbocycles. The Hall–Kier alpha value is -1.27. The highest BCUT2D eigenvalue weighted by Crippen LogP contribution is 2.24. The van der Waals surface area contributed by atoms with Gasteiger partial charge in [0.25, 0.3) is 0 Å². The molecule has 1 heterocycles. The van der Waals surface area contributed by atoms with Crippen molar-refractivity contribution < 1.29 is 18.0 Å². The molecule has 0 aliphatic carbocycles. The number of hydrogen-bond donors (Lipinski definition) is 1. The molecular weight excluding hydrogens is 242 g/mol. The second-order valence-electron chi connectivity index (χ2n) is 2.99. The van der Waals surface area contributed by atoms with E-state index in [1.54, 1.807) is 0 Å². The molecule has 7 heteroatoms. The summed E-state index contributed by atoms with van der Waals surface area (Å²) in [5.74, 6) is -0.216. The summed E-state index contributed by atoms with van der Waals surface area (Å²) in [6, 6.07) is 4.33. The lowest BCUT2D eigenvalue weighted by Crippen LogP contribution is -1.93. The average Bonchev–Trinajstić information content (AvgIpc) is 2.45. The van der Waals surface area contributed by atoms with Gasteiger partial charge < -0.3 is 9.63 Å². The highest BCUT2D eigenvalue weighted by Gasteiger charge is 2.15. The third-order valence-corrected chi connectivity index (χ3v) is 2.77. The first-order valence-electron chi connectivity index (χ1n) is 3.95. The Morgan fingerprint density at radius 3 is 2.87 bits per heavy atom. The minimum absolute atomic E-state index is 0.0380. The monoisotopic (exact) mass is 247 g/mol. The zero-order chi connectivity index (χ0) is 11.1. The van der Waals surface area contributed by atoms with Crippen molar-refractivity contribution in [2.75, 3.05) is 0 Å². The number of fused-ring (bicyclic) bond motifs is 1. The summed E-state index contributed by atoms with van der Waals surface area (Å²) in [6.45, 7) is 0. The van der Waals surface area contributed by atoms with Crippen LogP contribution >= 0.6 is 10.7 Å². The Kier molecular flexibility index (Phi) is 2.32. The first-order valence-corrected chi connectivity index (χ1v) is 6.43. The van der Waals surface area contributed by atoms with Crippen molar-refractivity contribution in [2.24, 2.45) is 0 Å². The predicted molar refractivity (Wildman–Crippen MR) is 54.2 cm³/mol. The molecule has 15 heavy (non-hydrogen) atoms. The van der Waals surface area contributed by atoms with Gasteiger partial charge in [-0.3, -0.25) is 0 Å². The van der Waals surface area contributed by atoms with Gasteiger partial charge in [-0.05, 0) is 12.1 Å². The zero-order valence-electron chi connectivity index (χ0n) is 7.34. The smallest absolute Gasteiger partial charge is 0.240 e. The third kappa shape index (κ3) is 2.21. The molecule has 2 rings (SSSR count). The van der Waals surface area contributed by atoms with Crippen LogP contribution in [0.1, 0.15) is 5.76 Å². The normalized spacial score (nSPS) is 12.1. The summed E-state index contributed by atoms with van der Waals surface area (Å²) >= 11 is 0. The van der Waals surface area contributed by atoms with E-state index in [9.17, 15) is 8.42 Å². The molecule has 0 unspecified atom stereocenters. The average molecular weight is 248 g/mol. The molecule has 0 bridgehead atoms. The molecule has 80 valence electrons. The lowest BCUT2D eigenvalue weighted by Gasteiger charge is -1.92. The Labute approximate surface area is 89.7 Å². The van der Waals surface area contributed by atoms with Crippen LogP contribution in [0.2, 0.25) is 0 Å². The Morgan fingerprint density at radius 2 is 2.20 bits per heavy atom. The number of rotatable bonds is 2. The number of benzene rings is 1. The molecule has 0 saturated heterocycles. The van der Waals surface area contributed by atoms with Crippen molar-refractivity contribution in [3.63, 3.8) is 0 Å². The van der Waals surface area contributed by atoms with E-state index in [0.29, 0.717) is 10.9 Å². The van der Waals surface area contributed by atoms with Gasteiger partial charge in [-0.15, -0.1) is 0 Å². The largest absolute Gasteiger partial charge is 0.508 e. The molecule has 1 N–H and O–H groups in total. The molecule has 1 aromatic carbocycles. The van der Waals surface area contributed by atoms with Crippen LogP contribution in [0.15, 0.2) is 22.7 Å². The fourth-order valence-electron chi connectivity index (χ4n) is 1.25. The molecule has 0 radical (unpaired) electrons. The molecule has 0 amide bonds. The Balaban J connectivity index is 2.55. The van der Waals surface area contributed by atoms with Crippen LogP contribution < -0.4 is 0 Å². The van der Waals surface area contributed by atoms with E-state index in [1.807, 2.05) is 0 Å².